The van der Waals surface area contributed by atoms with Crippen molar-refractivity contribution in [3.63, 3.8) is 0 Å². The van der Waals surface area contributed by atoms with Gasteiger partial charge in [0.15, 0.2) is 5.78 Å². The highest BCUT2D eigenvalue weighted by Crippen LogP contribution is 2.19. The summed E-state index contributed by atoms with van der Waals surface area (Å²) < 4.78 is 5.16. The van der Waals surface area contributed by atoms with Crippen molar-refractivity contribution in [1.82, 2.24) is 5.32 Å². The fraction of sp³-hybridized carbons (Fsp3) is 0.308. The number of hydrogen-bond acceptors (Lipinski definition) is 3. The monoisotopic (exact) mass is 219 g/mol. The number of benzene rings is 1. The normalized spacial score (nSPS) is 9.88. The number of hydrogen-bond donors (Lipinski definition) is 1. The zero-order valence-electron chi connectivity index (χ0n) is 9.75. The summed E-state index contributed by atoms with van der Waals surface area (Å²) >= 11 is 0. The number of carbonyl (C=O) groups excluding carboxylic acids is 1. The second-order valence-electron chi connectivity index (χ2n) is 3.55. The molecule has 0 aromatic heterocycles. The molecule has 1 N–H and O–H groups in total. The average molecular weight is 219 g/mol. The summed E-state index contributed by atoms with van der Waals surface area (Å²) in [4.78, 5) is 11.9. The van der Waals surface area contributed by atoms with Crippen LogP contribution in [0.4, 0.5) is 0 Å². The van der Waals surface area contributed by atoms with Crippen molar-refractivity contribution < 1.29 is 9.53 Å². The average Bonchev–Trinajstić information content (AvgIpc) is 2.29. The zero-order chi connectivity index (χ0) is 12.0. The number of rotatable bonds is 6. The van der Waals surface area contributed by atoms with Gasteiger partial charge in [-0.2, -0.15) is 0 Å². The Kier molecular flexibility index (Phi) is 4.73. The predicted octanol–water partition coefficient (Wildman–Crippen LogP) is 1.96. The van der Waals surface area contributed by atoms with Gasteiger partial charge in [-0.1, -0.05) is 17.7 Å². The minimum absolute atomic E-state index is 0.0300. The Morgan fingerprint density at radius 3 is 2.94 bits per heavy atom. The molecule has 0 saturated heterocycles. The van der Waals surface area contributed by atoms with Gasteiger partial charge in [0.25, 0.3) is 0 Å². The number of nitrogens with one attached hydrogen (secondary N) is 1. The first-order valence-electron chi connectivity index (χ1n) is 5.18. The lowest BCUT2D eigenvalue weighted by molar-refractivity contribution is 0.0989. The number of ether oxygens (including phenoxy) is 1. The highest BCUT2D eigenvalue weighted by molar-refractivity contribution is 6.00. The minimum Gasteiger partial charge on any atom is -0.496 e. The molecule has 0 radical (unpaired) electrons. The molecule has 1 aromatic carbocycles. The lowest BCUT2D eigenvalue weighted by Crippen LogP contribution is -2.23. The van der Waals surface area contributed by atoms with Gasteiger partial charge in [-0.15, -0.1) is 6.58 Å². The molecule has 3 nitrogen and oxygen atoms in total. The van der Waals surface area contributed by atoms with Crippen LogP contribution in [0, 0.1) is 6.92 Å². The molecular weight excluding hydrogens is 202 g/mol. The van der Waals surface area contributed by atoms with Gasteiger partial charge in [-0.3, -0.25) is 4.79 Å². The van der Waals surface area contributed by atoms with Gasteiger partial charge >= 0.3 is 0 Å². The Morgan fingerprint density at radius 2 is 2.31 bits per heavy atom. The third-order valence-electron chi connectivity index (χ3n) is 2.23. The topological polar surface area (TPSA) is 38.3 Å². The van der Waals surface area contributed by atoms with Crippen molar-refractivity contribution in [3.05, 3.63) is 42.0 Å². The molecule has 0 spiro atoms. The van der Waals surface area contributed by atoms with E-state index in [1.165, 1.54) is 0 Å². The molecule has 3 heteroatoms. The molecule has 1 aromatic rings. The van der Waals surface area contributed by atoms with Gasteiger partial charge < -0.3 is 10.1 Å². The van der Waals surface area contributed by atoms with Crippen LogP contribution in [0.1, 0.15) is 15.9 Å². The van der Waals surface area contributed by atoms with Crippen LogP contribution < -0.4 is 10.1 Å². The van der Waals surface area contributed by atoms with Crippen LogP contribution in [0.5, 0.6) is 5.75 Å². The molecule has 0 aliphatic rings. The van der Waals surface area contributed by atoms with Gasteiger partial charge in [-0.05, 0) is 19.1 Å². The largest absolute Gasteiger partial charge is 0.496 e. The Hall–Kier alpha value is -1.61. The lowest BCUT2D eigenvalue weighted by Gasteiger charge is -2.08. The number of Topliss-reactive ketones (excluding diaryl/α,β-unsaturated/α-hetero) is 1. The molecule has 0 amide bonds. The first-order valence-corrected chi connectivity index (χ1v) is 5.18. The van der Waals surface area contributed by atoms with E-state index >= 15 is 0 Å². The molecule has 0 saturated carbocycles. The van der Waals surface area contributed by atoms with E-state index < -0.39 is 0 Å². The molecule has 1 rings (SSSR count). The van der Waals surface area contributed by atoms with Crippen molar-refractivity contribution in [2.24, 2.45) is 0 Å². The standard InChI is InChI=1S/C13H17NO2/c1-4-7-14-9-12(15)11-8-10(2)5-6-13(11)16-3/h4-6,8,14H,1,7,9H2,2-3H3. The van der Waals surface area contributed by atoms with Gasteiger partial charge in [0.2, 0.25) is 0 Å². The fourth-order valence-corrected chi connectivity index (χ4v) is 1.42. The van der Waals surface area contributed by atoms with E-state index in [4.69, 9.17) is 4.74 Å². The van der Waals surface area contributed by atoms with E-state index in [0.717, 1.165) is 5.56 Å². The van der Waals surface area contributed by atoms with Crippen molar-refractivity contribution >= 4 is 5.78 Å². The maximum atomic E-state index is 11.9. The van der Waals surface area contributed by atoms with Crippen LogP contribution in [0.25, 0.3) is 0 Å². The van der Waals surface area contributed by atoms with Crippen LogP contribution in [0.15, 0.2) is 30.9 Å². The van der Waals surface area contributed by atoms with Crippen LogP contribution in [-0.4, -0.2) is 26.0 Å². The molecule has 0 atom stereocenters. The van der Waals surface area contributed by atoms with Crippen molar-refractivity contribution in [2.45, 2.75) is 6.92 Å². The predicted molar refractivity (Wildman–Crippen MR) is 65.1 cm³/mol. The van der Waals surface area contributed by atoms with Crippen LogP contribution in [-0.2, 0) is 0 Å². The quantitative estimate of drug-likeness (QED) is 0.451. The summed E-state index contributed by atoms with van der Waals surface area (Å²) in [6, 6.07) is 5.58. The summed E-state index contributed by atoms with van der Waals surface area (Å²) in [7, 11) is 1.57. The molecule has 16 heavy (non-hydrogen) atoms. The van der Waals surface area contributed by atoms with Crippen molar-refractivity contribution in [3.8, 4) is 5.75 Å². The summed E-state index contributed by atoms with van der Waals surface area (Å²) in [6.07, 6.45) is 1.72. The summed E-state index contributed by atoms with van der Waals surface area (Å²) in [6.45, 7) is 6.45. The third-order valence-corrected chi connectivity index (χ3v) is 2.23. The molecule has 86 valence electrons. The van der Waals surface area contributed by atoms with E-state index in [0.29, 0.717) is 24.4 Å². The van der Waals surface area contributed by atoms with Crippen LogP contribution in [0.3, 0.4) is 0 Å². The number of ketones is 1. The molecule has 0 fully saturated rings. The molecule has 0 aliphatic carbocycles. The maximum Gasteiger partial charge on any atom is 0.180 e. The highest BCUT2D eigenvalue weighted by Gasteiger charge is 2.11. The van der Waals surface area contributed by atoms with E-state index in [1.54, 1.807) is 13.2 Å². The first kappa shape index (κ1) is 12.5. The molecule has 0 heterocycles. The molecule has 0 bridgehead atoms. The summed E-state index contributed by atoms with van der Waals surface area (Å²) in [5.41, 5.74) is 1.67. The fourth-order valence-electron chi connectivity index (χ4n) is 1.42. The second-order valence-corrected chi connectivity index (χ2v) is 3.55. The van der Waals surface area contributed by atoms with Crippen molar-refractivity contribution in [2.75, 3.05) is 20.2 Å². The van der Waals surface area contributed by atoms with E-state index in [1.807, 2.05) is 25.1 Å². The molecule has 0 unspecified atom stereocenters. The van der Waals surface area contributed by atoms with E-state index in [9.17, 15) is 4.79 Å². The Labute approximate surface area is 96.1 Å². The van der Waals surface area contributed by atoms with Crippen LogP contribution in [0.2, 0.25) is 0 Å². The highest BCUT2D eigenvalue weighted by atomic mass is 16.5. The van der Waals surface area contributed by atoms with E-state index in [-0.39, 0.29) is 5.78 Å². The Bertz CT molecular complexity index is 386. The lowest BCUT2D eigenvalue weighted by atomic mass is 10.1. The van der Waals surface area contributed by atoms with Gasteiger partial charge in [0.05, 0.1) is 19.2 Å². The number of carbonyl (C=O) groups is 1. The molecule has 0 aliphatic heterocycles. The SMILES string of the molecule is C=CCNCC(=O)c1cc(C)ccc1OC. The Morgan fingerprint density at radius 1 is 1.56 bits per heavy atom. The van der Waals surface area contributed by atoms with Gasteiger partial charge in [0.1, 0.15) is 5.75 Å². The second kappa shape index (κ2) is 6.08. The summed E-state index contributed by atoms with van der Waals surface area (Å²) in [5.74, 6) is 0.651. The summed E-state index contributed by atoms with van der Waals surface area (Å²) in [5, 5.41) is 2.98. The first-order chi connectivity index (χ1) is 7.69. The van der Waals surface area contributed by atoms with Gasteiger partial charge in [-0.25, -0.2) is 0 Å². The van der Waals surface area contributed by atoms with E-state index in [2.05, 4.69) is 11.9 Å². The maximum absolute atomic E-state index is 11.9. The minimum atomic E-state index is 0.0300. The molecular formula is C13H17NO2. The van der Waals surface area contributed by atoms with Gasteiger partial charge in [0, 0.05) is 6.54 Å². The Balaban J connectivity index is 2.80. The zero-order valence-corrected chi connectivity index (χ0v) is 9.75. The number of methoxy groups -OCH3 is 1. The third kappa shape index (κ3) is 3.21. The van der Waals surface area contributed by atoms with Crippen LogP contribution >= 0.6 is 0 Å². The number of aryl methyl sites for hydroxylation is 1. The van der Waals surface area contributed by atoms with Crippen molar-refractivity contribution in [1.29, 1.82) is 0 Å². The smallest absolute Gasteiger partial charge is 0.180 e.